The van der Waals surface area contributed by atoms with Crippen molar-refractivity contribution in [3.05, 3.63) is 134 Å². The quantitative estimate of drug-likeness (QED) is 0.0844. The highest BCUT2D eigenvalue weighted by molar-refractivity contribution is 6.31. The largest absolute Gasteiger partial charge is 0.480 e. The first kappa shape index (κ1) is 61.7. The third-order valence-electron chi connectivity index (χ3n) is 11.9. The van der Waals surface area contributed by atoms with Gasteiger partial charge in [0.2, 0.25) is 17.7 Å². The molecule has 0 spiro atoms. The summed E-state index contributed by atoms with van der Waals surface area (Å²) in [6, 6.07) is 19.0. The Labute approximate surface area is 463 Å². The van der Waals surface area contributed by atoms with Crippen LogP contribution < -0.4 is 22.1 Å². The van der Waals surface area contributed by atoms with Gasteiger partial charge in [-0.1, -0.05) is 89.4 Å². The molecule has 4 heterocycles. The molecular weight excluding hydrogens is 1090 g/mol. The van der Waals surface area contributed by atoms with Crippen LogP contribution in [-0.4, -0.2) is 120 Å². The summed E-state index contributed by atoms with van der Waals surface area (Å²) in [5.41, 5.74) is 11.1. The number of carboxylic acid groups (broad SMARTS) is 1. The van der Waals surface area contributed by atoms with Crippen LogP contribution in [0.15, 0.2) is 78.9 Å². The van der Waals surface area contributed by atoms with Crippen molar-refractivity contribution in [1.82, 2.24) is 35.1 Å². The molecule has 0 unspecified atom stereocenters. The molecular formula is C53H61Cl3F3N9O10. The van der Waals surface area contributed by atoms with Crippen molar-refractivity contribution in [3.8, 4) is 0 Å². The number of hydrogen-bond acceptors (Lipinski definition) is 11. The Hall–Kier alpha value is -7.14. The zero-order chi connectivity index (χ0) is 57.8. The summed E-state index contributed by atoms with van der Waals surface area (Å²) in [6.07, 6.45) is 0.508. The molecule has 19 nitrogen and oxygen atoms in total. The van der Waals surface area contributed by atoms with Gasteiger partial charge in [0.25, 0.3) is 5.91 Å². The van der Waals surface area contributed by atoms with Crippen molar-refractivity contribution in [2.24, 2.45) is 11.5 Å². The van der Waals surface area contributed by atoms with E-state index in [1.807, 2.05) is 0 Å². The van der Waals surface area contributed by atoms with Gasteiger partial charge >= 0.3 is 18.2 Å². The van der Waals surface area contributed by atoms with Crippen LogP contribution in [-0.2, 0) is 54.8 Å². The minimum absolute atomic E-state index is 0.00998. The molecule has 25 heteroatoms. The molecule has 8 rings (SSSR count). The van der Waals surface area contributed by atoms with Crippen LogP contribution in [0.25, 0.3) is 10.9 Å². The highest BCUT2D eigenvalue weighted by Gasteiger charge is 2.41. The number of nitrogens with zero attached hydrogens (tertiary/aromatic N) is 5. The number of para-hydroxylation sites is 1. The maximum atomic E-state index is 14.0. The van der Waals surface area contributed by atoms with Crippen LogP contribution in [0.1, 0.15) is 88.0 Å². The number of ether oxygens (including phenoxy) is 2. The molecule has 3 aliphatic heterocycles. The predicted octanol–water partition coefficient (Wildman–Crippen LogP) is 7.97. The van der Waals surface area contributed by atoms with Crippen LogP contribution in [0.5, 0.6) is 0 Å². The average molecular weight is 1150 g/mol. The smallest absolute Gasteiger partial charge is 0.411 e. The average Bonchev–Trinajstić information content (AvgIpc) is 3.67. The Kier molecular flexibility index (Phi) is 21.3. The number of amides is 6. The van der Waals surface area contributed by atoms with Crippen molar-refractivity contribution in [3.63, 3.8) is 0 Å². The van der Waals surface area contributed by atoms with E-state index in [0.717, 1.165) is 0 Å². The standard InChI is InChI=1S/C21H19ClFN5O3.C16H20ClFN2O3.C9H15NO4.C7H7ClFN/c22-14-6-3-4-12(18(14)23)10-25-21(31)16-8-9-27(16)17(29)11-28-15-7-2-1-5-13(15)19(26-28)20(24)30;1-16(2,3)23-15(22)20-8-7-12(20)14(21)19-9-10-5-4-6-11(17)13(10)18;1-9(2,3)14-8(13)10-5-4-6(10)7(11)12;8-6-3-1-2-5(4-10)7(6)9/h1-7,16H,8-11H2,(H2,24,30)(H,25,31);4-6,12H,7-9H2,1-3H3,(H,19,21);6H,4-5H2,1-3H3,(H,11,12);1-3H,4,10H2/t16-;12-;6-;/m000./s1. The van der Waals surface area contributed by atoms with E-state index in [9.17, 15) is 46.7 Å². The molecule has 7 N–H and O–H groups in total. The SMILES string of the molecule is CC(C)(C)OC(=O)N1CC[C@H]1C(=O)NCc1cccc(Cl)c1F.CC(C)(C)OC(=O)N1CC[C@H]1C(=O)O.NC(=O)c1nn(CC(=O)N2CC[C@H]2C(=O)NCc2cccc(Cl)c2F)c2ccccc12.NCc1cccc(Cl)c1F. The van der Waals surface area contributed by atoms with E-state index >= 15 is 0 Å². The van der Waals surface area contributed by atoms with Gasteiger partial charge in [0.05, 0.1) is 20.6 Å². The van der Waals surface area contributed by atoms with E-state index in [1.54, 1.807) is 96.1 Å². The Morgan fingerprint density at radius 1 is 0.628 bits per heavy atom. The predicted molar refractivity (Wildman–Crippen MR) is 285 cm³/mol. The molecule has 0 aliphatic carbocycles. The first-order chi connectivity index (χ1) is 36.6. The van der Waals surface area contributed by atoms with Crippen LogP contribution in [0.2, 0.25) is 15.1 Å². The van der Waals surface area contributed by atoms with E-state index in [0.29, 0.717) is 60.9 Å². The van der Waals surface area contributed by atoms with Gasteiger partial charge in [-0.2, -0.15) is 5.10 Å². The molecule has 420 valence electrons. The van der Waals surface area contributed by atoms with E-state index < -0.39 is 70.8 Å². The lowest BCUT2D eigenvalue weighted by molar-refractivity contribution is -0.148. The van der Waals surface area contributed by atoms with Crippen molar-refractivity contribution in [2.45, 2.75) is 116 Å². The monoisotopic (exact) mass is 1150 g/mol. The summed E-state index contributed by atoms with van der Waals surface area (Å²) < 4.78 is 52.3. The van der Waals surface area contributed by atoms with Crippen LogP contribution in [0.4, 0.5) is 22.8 Å². The van der Waals surface area contributed by atoms with Gasteiger partial charge < -0.3 is 41.6 Å². The van der Waals surface area contributed by atoms with E-state index in [4.69, 9.17) is 60.9 Å². The van der Waals surface area contributed by atoms with Crippen LogP contribution >= 0.6 is 34.8 Å². The molecule has 3 atom stereocenters. The number of benzene rings is 4. The number of nitrogens with two attached hydrogens (primary N) is 2. The Bertz CT molecular complexity index is 3030. The molecule has 3 aliphatic rings. The molecule has 6 amide bonds. The normalized spacial score (nSPS) is 16.4. The maximum absolute atomic E-state index is 14.0. The number of fused-ring (bicyclic) bond motifs is 1. The van der Waals surface area contributed by atoms with Crippen molar-refractivity contribution >= 4 is 87.5 Å². The van der Waals surface area contributed by atoms with Crippen molar-refractivity contribution in [1.29, 1.82) is 0 Å². The first-order valence-corrected chi connectivity index (χ1v) is 25.6. The second-order valence-corrected chi connectivity index (χ2v) is 21.1. The number of aromatic nitrogens is 2. The number of carbonyl (C=O) groups is 7. The van der Waals surface area contributed by atoms with Crippen LogP contribution in [0.3, 0.4) is 0 Å². The lowest BCUT2D eigenvalue weighted by atomic mass is 10.0. The van der Waals surface area contributed by atoms with E-state index in [-0.39, 0.29) is 70.2 Å². The number of halogens is 6. The molecule has 0 saturated carbocycles. The summed E-state index contributed by atoms with van der Waals surface area (Å²) >= 11 is 16.9. The number of carboxylic acids is 1. The van der Waals surface area contributed by atoms with Crippen LogP contribution in [0, 0.1) is 17.5 Å². The molecule has 5 aromatic rings. The summed E-state index contributed by atoms with van der Waals surface area (Å²) in [4.78, 5) is 87.2. The Balaban J connectivity index is 0.000000208. The Morgan fingerprint density at radius 2 is 1.04 bits per heavy atom. The molecule has 1 aromatic heterocycles. The van der Waals surface area contributed by atoms with E-state index in [2.05, 4.69) is 15.7 Å². The molecule has 4 aromatic carbocycles. The summed E-state index contributed by atoms with van der Waals surface area (Å²) in [6.45, 7) is 11.9. The first-order valence-electron chi connectivity index (χ1n) is 24.4. The number of hydrogen-bond donors (Lipinski definition) is 5. The zero-order valence-electron chi connectivity index (χ0n) is 43.6. The third-order valence-corrected chi connectivity index (χ3v) is 12.8. The van der Waals surface area contributed by atoms with Gasteiger partial charge in [0.15, 0.2) is 5.69 Å². The number of likely N-dealkylation sites (tertiary alicyclic amines) is 3. The third kappa shape index (κ3) is 16.4. The zero-order valence-corrected chi connectivity index (χ0v) is 45.9. The van der Waals surface area contributed by atoms with Gasteiger partial charge in [-0.15, -0.1) is 0 Å². The van der Waals surface area contributed by atoms with Gasteiger partial charge in [0, 0.05) is 61.3 Å². The molecule has 78 heavy (non-hydrogen) atoms. The van der Waals surface area contributed by atoms with Crippen molar-refractivity contribution < 1.29 is 61.3 Å². The van der Waals surface area contributed by atoms with E-state index in [1.165, 1.54) is 43.6 Å². The van der Waals surface area contributed by atoms with Crippen molar-refractivity contribution in [2.75, 3.05) is 19.6 Å². The number of carbonyl (C=O) groups excluding carboxylic acids is 6. The number of nitrogens with one attached hydrogen (secondary N) is 2. The maximum Gasteiger partial charge on any atom is 0.411 e. The lowest BCUT2D eigenvalue weighted by Crippen LogP contribution is -2.59. The molecule has 3 saturated heterocycles. The fourth-order valence-electron chi connectivity index (χ4n) is 7.67. The summed E-state index contributed by atoms with van der Waals surface area (Å²) in [5.74, 6) is -4.22. The topological polar surface area (TPSA) is 262 Å². The number of rotatable bonds is 11. The highest BCUT2D eigenvalue weighted by Crippen LogP contribution is 2.26. The molecule has 0 radical (unpaired) electrons. The second kappa shape index (κ2) is 27.0. The lowest BCUT2D eigenvalue weighted by Gasteiger charge is -2.40. The second-order valence-electron chi connectivity index (χ2n) is 19.9. The van der Waals surface area contributed by atoms with Gasteiger partial charge in [0.1, 0.15) is 53.3 Å². The fraction of sp³-hybridized carbons (Fsp3) is 0.396. The van der Waals surface area contributed by atoms with Gasteiger partial charge in [-0.3, -0.25) is 33.7 Å². The fourth-order valence-corrected chi connectivity index (χ4v) is 8.25. The number of aliphatic carboxylic acids is 1. The summed E-state index contributed by atoms with van der Waals surface area (Å²) in [7, 11) is 0. The van der Waals surface area contributed by atoms with Gasteiger partial charge in [-0.05, 0) is 85.1 Å². The summed E-state index contributed by atoms with van der Waals surface area (Å²) in [5, 5.41) is 18.8. The highest BCUT2D eigenvalue weighted by atomic mass is 35.5. The number of primary amides is 1. The Morgan fingerprint density at radius 3 is 1.42 bits per heavy atom. The van der Waals surface area contributed by atoms with Gasteiger partial charge in [-0.25, -0.2) is 27.6 Å². The minimum atomic E-state index is -0.970. The minimum Gasteiger partial charge on any atom is -0.480 e. The molecule has 0 bridgehead atoms. The molecule has 3 fully saturated rings.